The summed E-state index contributed by atoms with van der Waals surface area (Å²) in [5, 5.41) is 14.9. The first kappa shape index (κ1) is 26.2. The number of anilines is 1. The number of nitrogens with one attached hydrogen (secondary N) is 1. The molecule has 5 rings (SSSR count). The van der Waals surface area contributed by atoms with Gasteiger partial charge < -0.3 is 16.0 Å². The normalized spacial score (nSPS) is 15.5. The van der Waals surface area contributed by atoms with Gasteiger partial charge in [-0.05, 0) is 65.4 Å². The van der Waals surface area contributed by atoms with Crippen molar-refractivity contribution in [2.75, 3.05) is 4.90 Å². The molecule has 1 aliphatic rings. The number of tetrazole rings is 1. The lowest BCUT2D eigenvalue weighted by atomic mass is 9.98. The van der Waals surface area contributed by atoms with E-state index in [4.69, 9.17) is 5.73 Å². The van der Waals surface area contributed by atoms with Gasteiger partial charge in [0.05, 0.1) is 6.54 Å². The first-order chi connectivity index (χ1) is 18.7. The molecule has 1 aliphatic heterocycles. The number of benzene rings is 3. The fourth-order valence-corrected chi connectivity index (χ4v) is 5.03. The maximum absolute atomic E-state index is 13.8. The lowest BCUT2D eigenvalue weighted by Gasteiger charge is -2.27. The average Bonchev–Trinajstić information content (AvgIpc) is 3.29. The quantitative estimate of drug-likeness (QED) is 0.382. The summed E-state index contributed by atoms with van der Waals surface area (Å²) >= 11 is 0. The third kappa shape index (κ3) is 5.88. The molecule has 0 unspecified atom stereocenters. The molecule has 3 N–H and O–H groups in total. The molecule has 0 bridgehead atoms. The zero-order chi connectivity index (χ0) is 27.6. The van der Waals surface area contributed by atoms with Crippen LogP contribution in [0.3, 0.4) is 0 Å². The highest BCUT2D eigenvalue weighted by molar-refractivity contribution is 6.00. The first-order valence-corrected chi connectivity index (χ1v) is 13.1. The summed E-state index contributed by atoms with van der Waals surface area (Å²) in [5.41, 5.74) is 11.3. The molecule has 200 valence electrons. The second-order valence-electron chi connectivity index (χ2n) is 10.7. The Balaban J connectivity index is 1.41. The molecule has 0 aliphatic carbocycles. The van der Waals surface area contributed by atoms with Crippen LogP contribution in [-0.2, 0) is 29.6 Å². The standard InChI is InChI=1S/C30H33N7O2/c1-30(2,31)18-27(38)32-25-17-16-22-8-4-7-11-26(22)37(29(25)39)19-20-12-14-21(15-13-20)23-9-5-6-10-24(23)28-33-34-35-36(28)3/h4-15,25H,16-19,31H2,1-3H3,(H,32,38)/t25-/m1/s1. The summed E-state index contributed by atoms with van der Waals surface area (Å²) in [7, 11) is 1.82. The predicted molar refractivity (Wildman–Crippen MR) is 150 cm³/mol. The smallest absolute Gasteiger partial charge is 0.249 e. The Bertz CT molecular complexity index is 1490. The highest BCUT2D eigenvalue weighted by Crippen LogP contribution is 2.32. The van der Waals surface area contributed by atoms with E-state index in [1.54, 1.807) is 23.4 Å². The largest absolute Gasteiger partial charge is 0.344 e. The van der Waals surface area contributed by atoms with Gasteiger partial charge in [0, 0.05) is 30.3 Å². The van der Waals surface area contributed by atoms with Crippen molar-refractivity contribution in [2.45, 2.75) is 51.2 Å². The van der Waals surface area contributed by atoms with Crippen molar-refractivity contribution in [2.24, 2.45) is 12.8 Å². The molecule has 2 amide bonds. The molecule has 0 radical (unpaired) electrons. The lowest BCUT2D eigenvalue weighted by Crippen LogP contribution is -2.49. The Kier molecular flexibility index (Phi) is 7.26. The molecule has 4 aromatic rings. The molecule has 1 atom stereocenters. The summed E-state index contributed by atoms with van der Waals surface area (Å²) in [5.74, 6) is 0.354. The molecule has 3 aromatic carbocycles. The van der Waals surface area contributed by atoms with Crippen LogP contribution in [0.25, 0.3) is 22.5 Å². The molecular weight excluding hydrogens is 490 g/mol. The van der Waals surface area contributed by atoms with Crippen molar-refractivity contribution in [3.8, 4) is 22.5 Å². The number of aromatic nitrogens is 4. The molecule has 9 heteroatoms. The molecule has 0 saturated carbocycles. The fourth-order valence-electron chi connectivity index (χ4n) is 5.03. The van der Waals surface area contributed by atoms with Crippen molar-refractivity contribution in [1.29, 1.82) is 0 Å². The van der Waals surface area contributed by atoms with Gasteiger partial charge in [-0.25, -0.2) is 4.68 Å². The molecule has 0 fully saturated rings. The number of fused-ring (bicyclic) bond motifs is 1. The number of hydrogen-bond donors (Lipinski definition) is 2. The van der Waals surface area contributed by atoms with E-state index in [-0.39, 0.29) is 18.2 Å². The van der Waals surface area contributed by atoms with Crippen molar-refractivity contribution < 1.29 is 9.59 Å². The number of nitrogens with zero attached hydrogens (tertiary/aromatic N) is 5. The van der Waals surface area contributed by atoms with E-state index in [0.717, 1.165) is 33.5 Å². The third-order valence-corrected chi connectivity index (χ3v) is 6.89. The molecule has 2 heterocycles. The van der Waals surface area contributed by atoms with E-state index < -0.39 is 11.6 Å². The molecule has 9 nitrogen and oxygen atoms in total. The molecular formula is C30H33N7O2. The Labute approximate surface area is 228 Å². The van der Waals surface area contributed by atoms with Gasteiger partial charge in [0.2, 0.25) is 11.8 Å². The highest BCUT2D eigenvalue weighted by Gasteiger charge is 2.32. The van der Waals surface area contributed by atoms with Gasteiger partial charge in [0.25, 0.3) is 0 Å². The van der Waals surface area contributed by atoms with Gasteiger partial charge in [-0.3, -0.25) is 9.59 Å². The van der Waals surface area contributed by atoms with Crippen molar-refractivity contribution in [1.82, 2.24) is 25.5 Å². The monoisotopic (exact) mass is 523 g/mol. The second kappa shape index (κ2) is 10.8. The Morgan fingerprint density at radius 3 is 2.41 bits per heavy atom. The van der Waals surface area contributed by atoms with Gasteiger partial charge in [-0.1, -0.05) is 66.7 Å². The number of amides is 2. The van der Waals surface area contributed by atoms with Crippen LogP contribution in [0.1, 0.15) is 37.8 Å². The van der Waals surface area contributed by atoms with Crippen LogP contribution in [0.4, 0.5) is 5.69 Å². The van der Waals surface area contributed by atoms with Crippen LogP contribution in [0, 0.1) is 0 Å². The maximum atomic E-state index is 13.8. The van der Waals surface area contributed by atoms with Gasteiger partial charge in [-0.15, -0.1) is 5.10 Å². The number of hydrogen-bond acceptors (Lipinski definition) is 6. The number of carbonyl (C=O) groups is 2. The van der Waals surface area contributed by atoms with Crippen LogP contribution < -0.4 is 16.0 Å². The van der Waals surface area contributed by atoms with Crippen molar-refractivity contribution >= 4 is 17.5 Å². The van der Waals surface area contributed by atoms with Crippen molar-refractivity contribution in [3.05, 3.63) is 83.9 Å². The Morgan fingerprint density at radius 1 is 1.03 bits per heavy atom. The van der Waals surface area contributed by atoms with E-state index in [9.17, 15) is 9.59 Å². The van der Waals surface area contributed by atoms with Gasteiger partial charge in [0.15, 0.2) is 5.82 Å². The van der Waals surface area contributed by atoms with Crippen molar-refractivity contribution in [3.63, 3.8) is 0 Å². The highest BCUT2D eigenvalue weighted by atomic mass is 16.2. The minimum atomic E-state index is -0.649. The van der Waals surface area contributed by atoms with E-state index in [1.165, 1.54) is 0 Å². The Hall–Kier alpha value is -4.37. The van der Waals surface area contributed by atoms with Gasteiger partial charge >= 0.3 is 0 Å². The summed E-state index contributed by atoms with van der Waals surface area (Å²) in [4.78, 5) is 28.2. The number of para-hydroxylation sites is 1. The van der Waals surface area contributed by atoms with Crippen LogP contribution in [0.2, 0.25) is 0 Å². The molecule has 39 heavy (non-hydrogen) atoms. The van der Waals surface area contributed by atoms with E-state index in [0.29, 0.717) is 25.2 Å². The minimum absolute atomic E-state index is 0.118. The van der Waals surface area contributed by atoms with Crippen LogP contribution >= 0.6 is 0 Å². The maximum Gasteiger partial charge on any atom is 0.249 e. The zero-order valence-corrected chi connectivity index (χ0v) is 22.5. The Morgan fingerprint density at radius 2 is 1.72 bits per heavy atom. The summed E-state index contributed by atoms with van der Waals surface area (Å²) in [6, 6.07) is 23.5. The third-order valence-electron chi connectivity index (χ3n) is 6.89. The summed E-state index contributed by atoms with van der Waals surface area (Å²) in [6.07, 6.45) is 1.38. The zero-order valence-electron chi connectivity index (χ0n) is 22.5. The van der Waals surface area contributed by atoms with Gasteiger partial charge in [0.1, 0.15) is 6.04 Å². The SMILES string of the molecule is Cn1nnnc1-c1ccccc1-c1ccc(CN2C(=O)[C@H](NC(=O)CC(C)(C)N)CCc3ccccc32)cc1. The summed E-state index contributed by atoms with van der Waals surface area (Å²) in [6.45, 7) is 3.99. The fraction of sp³-hybridized carbons (Fsp3) is 0.300. The number of aryl methyl sites for hydroxylation is 2. The van der Waals surface area contributed by atoms with E-state index in [2.05, 4.69) is 33.0 Å². The number of nitrogens with two attached hydrogens (primary N) is 1. The predicted octanol–water partition coefficient (Wildman–Crippen LogP) is 3.64. The second-order valence-corrected chi connectivity index (χ2v) is 10.7. The van der Waals surface area contributed by atoms with Crippen LogP contribution in [0.15, 0.2) is 72.8 Å². The van der Waals surface area contributed by atoms with Crippen LogP contribution in [0.5, 0.6) is 0 Å². The molecule has 1 aromatic heterocycles. The van der Waals surface area contributed by atoms with E-state index >= 15 is 0 Å². The minimum Gasteiger partial charge on any atom is -0.344 e. The topological polar surface area (TPSA) is 119 Å². The van der Waals surface area contributed by atoms with Gasteiger partial charge in [-0.2, -0.15) is 0 Å². The van der Waals surface area contributed by atoms with Crippen LogP contribution in [-0.4, -0.2) is 43.6 Å². The lowest BCUT2D eigenvalue weighted by molar-refractivity contribution is -0.128. The number of rotatable bonds is 7. The molecule has 0 spiro atoms. The average molecular weight is 524 g/mol. The first-order valence-electron chi connectivity index (χ1n) is 13.1. The summed E-state index contributed by atoms with van der Waals surface area (Å²) < 4.78 is 1.65. The number of carbonyl (C=O) groups excluding carboxylic acids is 2. The van der Waals surface area contributed by atoms with E-state index in [1.807, 2.05) is 67.7 Å². The molecule has 0 saturated heterocycles.